The minimum atomic E-state index is -4.67. The van der Waals surface area contributed by atoms with Crippen LogP contribution in [0.3, 0.4) is 0 Å². The molecule has 1 fully saturated rings. The first-order chi connectivity index (χ1) is 9.19. The summed E-state index contributed by atoms with van der Waals surface area (Å²) < 4.78 is 62.9. The summed E-state index contributed by atoms with van der Waals surface area (Å²) >= 11 is 0. The summed E-state index contributed by atoms with van der Waals surface area (Å²) in [7, 11) is 0. The van der Waals surface area contributed by atoms with Crippen LogP contribution in [0.1, 0.15) is 0 Å². The highest BCUT2D eigenvalue weighted by atomic mass is 19.4. The maximum atomic E-state index is 13.5. The second-order valence-corrected chi connectivity index (χ2v) is 4.08. The highest BCUT2D eigenvalue weighted by molar-refractivity contribution is 6.19. The van der Waals surface area contributed by atoms with E-state index in [4.69, 9.17) is 0 Å². The van der Waals surface area contributed by atoms with Crippen molar-refractivity contribution in [1.82, 2.24) is 4.90 Å². The van der Waals surface area contributed by atoms with E-state index in [0.717, 1.165) is 12.1 Å². The Morgan fingerprint density at radius 1 is 1.15 bits per heavy atom. The van der Waals surface area contributed by atoms with Gasteiger partial charge in [-0.05, 0) is 12.1 Å². The van der Waals surface area contributed by atoms with Crippen molar-refractivity contribution in [2.45, 2.75) is 6.18 Å². The topological polar surface area (TPSA) is 40.6 Å². The lowest BCUT2D eigenvalue weighted by Crippen LogP contribution is -2.38. The van der Waals surface area contributed by atoms with Crippen LogP contribution in [0.2, 0.25) is 0 Å². The van der Waals surface area contributed by atoms with Crippen molar-refractivity contribution in [3.05, 3.63) is 29.8 Å². The third-order valence-corrected chi connectivity index (χ3v) is 2.56. The molecule has 3 amide bonds. The van der Waals surface area contributed by atoms with Gasteiger partial charge in [-0.1, -0.05) is 0 Å². The number of nitrogens with zero attached hydrogens (tertiary/aromatic N) is 2. The first-order valence-electron chi connectivity index (χ1n) is 5.33. The molecule has 0 N–H and O–H groups in total. The van der Waals surface area contributed by atoms with E-state index in [1.165, 1.54) is 0 Å². The highest BCUT2D eigenvalue weighted by Gasteiger charge is 2.43. The lowest BCUT2D eigenvalue weighted by Gasteiger charge is -2.18. The maximum absolute atomic E-state index is 13.5. The quantitative estimate of drug-likeness (QED) is 0.620. The Balaban J connectivity index is 2.29. The molecule has 20 heavy (non-hydrogen) atoms. The molecule has 0 bridgehead atoms. The van der Waals surface area contributed by atoms with Gasteiger partial charge in [0.1, 0.15) is 24.7 Å². The first-order valence-corrected chi connectivity index (χ1v) is 5.33. The molecule has 1 heterocycles. The molecule has 9 heteroatoms. The van der Waals surface area contributed by atoms with Crippen molar-refractivity contribution in [2.24, 2.45) is 0 Å². The molecule has 108 valence electrons. The number of hydrogen-bond donors (Lipinski definition) is 0. The van der Waals surface area contributed by atoms with E-state index in [1.807, 2.05) is 0 Å². The number of carbonyl (C=O) groups is 2. The minimum Gasteiger partial charge on any atom is -0.306 e. The first kappa shape index (κ1) is 14.2. The summed E-state index contributed by atoms with van der Waals surface area (Å²) in [5.74, 6) is -3.15. The van der Waals surface area contributed by atoms with Gasteiger partial charge in [-0.25, -0.2) is 18.5 Å². The Hall–Kier alpha value is -2.19. The molecule has 0 unspecified atom stereocenters. The number of hydrogen-bond acceptors (Lipinski definition) is 2. The van der Waals surface area contributed by atoms with E-state index in [-0.39, 0.29) is 9.80 Å². The fourth-order valence-electron chi connectivity index (χ4n) is 1.79. The average molecular weight is 294 g/mol. The fourth-order valence-corrected chi connectivity index (χ4v) is 1.79. The Bertz CT molecular complexity index is 572. The van der Waals surface area contributed by atoms with E-state index in [9.17, 15) is 31.5 Å². The number of anilines is 1. The number of rotatable bonds is 2. The molecule has 1 saturated heterocycles. The van der Waals surface area contributed by atoms with Crippen LogP contribution in [0.25, 0.3) is 0 Å². The number of benzene rings is 1. The molecule has 1 aliphatic rings. The molecule has 0 aliphatic carbocycles. The number of carbonyl (C=O) groups excluding carboxylic acids is 2. The zero-order chi connectivity index (χ0) is 15.1. The molecule has 0 spiro atoms. The van der Waals surface area contributed by atoms with Crippen LogP contribution in [0.15, 0.2) is 18.2 Å². The third kappa shape index (κ3) is 2.70. The summed E-state index contributed by atoms with van der Waals surface area (Å²) in [6.45, 7) is -2.42. The predicted octanol–water partition coefficient (Wildman–Crippen LogP) is 2.30. The molecular formula is C11H7F5N2O2. The Kier molecular flexibility index (Phi) is 3.36. The summed E-state index contributed by atoms with van der Waals surface area (Å²) in [5.41, 5.74) is -0.578. The van der Waals surface area contributed by atoms with Crippen molar-refractivity contribution >= 4 is 17.6 Å². The standard InChI is InChI=1S/C11H7F5N2O2/c12-6-1-2-8(7(13)3-6)18-9(19)4-17(10(18)20)5-11(14,15)16/h1-3H,4-5H2. The zero-order valence-electron chi connectivity index (χ0n) is 9.75. The zero-order valence-corrected chi connectivity index (χ0v) is 9.75. The fraction of sp³-hybridized carbons (Fsp3) is 0.273. The van der Waals surface area contributed by atoms with E-state index in [1.54, 1.807) is 0 Å². The maximum Gasteiger partial charge on any atom is 0.406 e. The van der Waals surface area contributed by atoms with Crippen LogP contribution >= 0.6 is 0 Å². The van der Waals surface area contributed by atoms with Crippen LogP contribution in [0.4, 0.5) is 32.4 Å². The highest BCUT2D eigenvalue weighted by Crippen LogP contribution is 2.27. The van der Waals surface area contributed by atoms with E-state index >= 15 is 0 Å². The van der Waals surface area contributed by atoms with Gasteiger partial charge in [0.25, 0.3) is 5.91 Å². The van der Waals surface area contributed by atoms with E-state index in [2.05, 4.69) is 0 Å². The van der Waals surface area contributed by atoms with Crippen molar-refractivity contribution in [1.29, 1.82) is 0 Å². The van der Waals surface area contributed by atoms with Crippen LogP contribution in [0, 0.1) is 11.6 Å². The van der Waals surface area contributed by atoms with E-state index in [0.29, 0.717) is 6.07 Å². The summed E-state index contributed by atoms with van der Waals surface area (Å²) in [6.07, 6.45) is -4.67. The van der Waals surface area contributed by atoms with Gasteiger partial charge in [0, 0.05) is 6.07 Å². The van der Waals surface area contributed by atoms with Gasteiger partial charge in [0.05, 0.1) is 5.69 Å². The van der Waals surface area contributed by atoms with Crippen molar-refractivity contribution < 1.29 is 31.5 Å². The molecule has 0 saturated carbocycles. The molecule has 1 aromatic rings. The third-order valence-electron chi connectivity index (χ3n) is 2.56. The Labute approximate surface area is 109 Å². The van der Waals surface area contributed by atoms with Crippen LogP contribution in [-0.2, 0) is 4.79 Å². The molecule has 0 radical (unpaired) electrons. The van der Waals surface area contributed by atoms with Crippen molar-refractivity contribution in [3.8, 4) is 0 Å². The van der Waals surface area contributed by atoms with Gasteiger partial charge in [-0.15, -0.1) is 0 Å². The van der Waals surface area contributed by atoms with Crippen LogP contribution in [0.5, 0.6) is 0 Å². The van der Waals surface area contributed by atoms with E-state index < -0.39 is 48.5 Å². The molecule has 0 aromatic heterocycles. The van der Waals surface area contributed by atoms with Gasteiger partial charge in [0.2, 0.25) is 0 Å². The number of urea groups is 1. The van der Waals surface area contributed by atoms with Gasteiger partial charge in [-0.2, -0.15) is 13.2 Å². The molecule has 2 rings (SSSR count). The normalized spacial score (nSPS) is 16.2. The summed E-state index contributed by atoms with van der Waals surface area (Å²) in [4.78, 5) is 23.8. The molecule has 1 aromatic carbocycles. The lowest BCUT2D eigenvalue weighted by atomic mass is 10.2. The molecule has 0 atom stereocenters. The van der Waals surface area contributed by atoms with Crippen molar-refractivity contribution in [3.63, 3.8) is 0 Å². The number of alkyl halides is 3. The molecule has 1 aliphatic heterocycles. The lowest BCUT2D eigenvalue weighted by molar-refractivity contribution is -0.139. The Morgan fingerprint density at radius 3 is 2.35 bits per heavy atom. The van der Waals surface area contributed by atoms with Crippen molar-refractivity contribution in [2.75, 3.05) is 18.0 Å². The Morgan fingerprint density at radius 2 is 1.80 bits per heavy atom. The largest absolute Gasteiger partial charge is 0.406 e. The van der Waals surface area contributed by atoms with Crippen LogP contribution < -0.4 is 4.90 Å². The smallest absolute Gasteiger partial charge is 0.306 e. The SMILES string of the molecule is O=C1CN(CC(F)(F)F)C(=O)N1c1ccc(F)cc1F. The second kappa shape index (κ2) is 4.73. The molecular weight excluding hydrogens is 287 g/mol. The monoisotopic (exact) mass is 294 g/mol. The molecule has 4 nitrogen and oxygen atoms in total. The van der Waals surface area contributed by atoms with Gasteiger partial charge in [-0.3, -0.25) is 4.79 Å². The number of amides is 3. The van der Waals surface area contributed by atoms with Gasteiger partial charge >= 0.3 is 12.2 Å². The van der Waals surface area contributed by atoms with Gasteiger partial charge < -0.3 is 4.90 Å². The van der Waals surface area contributed by atoms with Crippen LogP contribution in [-0.4, -0.2) is 36.1 Å². The minimum absolute atomic E-state index is 0.241. The number of halogens is 5. The summed E-state index contributed by atoms with van der Waals surface area (Å²) in [6, 6.07) is 0.753. The van der Waals surface area contributed by atoms with Gasteiger partial charge in [0.15, 0.2) is 0 Å². The second-order valence-electron chi connectivity index (χ2n) is 4.08. The number of imide groups is 1. The summed E-state index contributed by atoms with van der Waals surface area (Å²) in [5, 5.41) is 0. The average Bonchev–Trinajstić information content (AvgIpc) is 2.53. The predicted molar refractivity (Wildman–Crippen MR) is 56.9 cm³/mol.